The monoisotopic (exact) mass is 294 g/mol. The average Bonchev–Trinajstić information content (AvgIpc) is 2.83. The minimum absolute atomic E-state index is 0.343. The zero-order valence-electron chi connectivity index (χ0n) is 13.5. The van der Waals surface area contributed by atoms with E-state index in [9.17, 15) is 4.79 Å². The Morgan fingerprint density at radius 3 is 2.76 bits per heavy atom. The van der Waals surface area contributed by atoms with Gasteiger partial charge in [0.15, 0.2) is 0 Å². The van der Waals surface area contributed by atoms with Gasteiger partial charge in [0.05, 0.1) is 13.7 Å². The Morgan fingerprint density at radius 2 is 2.14 bits per heavy atom. The average molecular weight is 294 g/mol. The predicted molar refractivity (Wildman–Crippen MR) is 81.3 cm³/mol. The van der Waals surface area contributed by atoms with E-state index in [4.69, 9.17) is 9.15 Å². The van der Waals surface area contributed by atoms with Gasteiger partial charge in [-0.1, -0.05) is 6.92 Å². The van der Waals surface area contributed by atoms with Crippen LogP contribution in [0.1, 0.15) is 41.6 Å². The van der Waals surface area contributed by atoms with Crippen LogP contribution in [0, 0.1) is 12.3 Å². The molecule has 0 bridgehead atoms. The molecular weight excluding hydrogens is 268 g/mol. The third-order valence-electron chi connectivity index (χ3n) is 4.42. The molecule has 2 heterocycles. The normalized spacial score (nSPS) is 18.7. The van der Waals surface area contributed by atoms with Gasteiger partial charge in [-0.15, -0.1) is 0 Å². The summed E-state index contributed by atoms with van der Waals surface area (Å²) in [5.41, 5.74) is 0.860. The summed E-state index contributed by atoms with van der Waals surface area (Å²) < 4.78 is 10.3. The molecule has 0 aromatic carbocycles. The van der Waals surface area contributed by atoms with Crippen molar-refractivity contribution in [1.29, 1.82) is 0 Å². The van der Waals surface area contributed by atoms with Gasteiger partial charge in [0.25, 0.3) is 0 Å². The van der Waals surface area contributed by atoms with E-state index in [1.54, 1.807) is 13.0 Å². The third kappa shape index (κ3) is 4.08. The van der Waals surface area contributed by atoms with Crippen molar-refractivity contribution in [1.82, 2.24) is 10.2 Å². The molecule has 118 valence electrons. The number of esters is 1. The van der Waals surface area contributed by atoms with Crippen LogP contribution in [0.3, 0.4) is 0 Å². The fraction of sp³-hybridized carbons (Fsp3) is 0.688. The quantitative estimate of drug-likeness (QED) is 0.844. The van der Waals surface area contributed by atoms with Gasteiger partial charge in [-0.25, -0.2) is 4.79 Å². The molecule has 21 heavy (non-hydrogen) atoms. The lowest BCUT2D eigenvalue weighted by Crippen LogP contribution is -2.41. The number of furan rings is 1. The van der Waals surface area contributed by atoms with Crippen LogP contribution in [0.25, 0.3) is 0 Å². The van der Waals surface area contributed by atoms with Gasteiger partial charge < -0.3 is 19.4 Å². The smallest absolute Gasteiger partial charge is 0.341 e. The van der Waals surface area contributed by atoms with Crippen LogP contribution in [0.4, 0.5) is 0 Å². The highest BCUT2D eigenvalue weighted by Gasteiger charge is 2.28. The lowest BCUT2D eigenvalue weighted by atomic mass is 9.80. The number of nitrogens with zero attached hydrogens (tertiary/aromatic N) is 1. The Labute approximate surface area is 126 Å². The van der Waals surface area contributed by atoms with Crippen molar-refractivity contribution in [3.63, 3.8) is 0 Å². The molecule has 0 spiro atoms. The van der Waals surface area contributed by atoms with Crippen molar-refractivity contribution in [2.75, 3.05) is 33.8 Å². The van der Waals surface area contributed by atoms with Crippen LogP contribution in [-0.2, 0) is 11.3 Å². The van der Waals surface area contributed by atoms with E-state index in [0.717, 1.165) is 25.4 Å². The van der Waals surface area contributed by atoms with Crippen LogP contribution < -0.4 is 5.32 Å². The molecule has 1 fully saturated rings. The van der Waals surface area contributed by atoms with Crippen molar-refractivity contribution in [2.45, 2.75) is 33.2 Å². The SMILES string of the molecule is COC(=O)c1cc(CNCC2(C)CCN(C)CC2)oc1C. The predicted octanol–water partition coefficient (Wildman–Crippen LogP) is 2.20. The van der Waals surface area contributed by atoms with E-state index in [1.807, 2.05) is 0 Å². The number of hydrogen-bond donors (Lipinski definition) is 1. The fourth-order valence-electron chi connectivity index (χ4n) is 2.77. The number of hydrogen-bond acceptors (Lipinski definition) is 5. The van der Waals surface area contributed by atoms with E-state index < -0.39 is 0 Å². The summed E-state index contributed by atoms with van der Waals surface area (Å²) in [6.45, 7) is 8.04. The molecule has 0 saturated carbocycles. The van der Waals surface area contributed by atoms with Crippen LogP contribution in [-0.4, -0.2) is 44.7 Å². The standard InChI is InChI=1S/C16H26N2O3/c1-12-14(15(19)20-4)9-13(21-12)10-17-11-16(2)5-7-18(3)8-6-16/h9,17H,5-8,10-11H2,1-4H3. The Morgan fingerprint density at radius 1 is 1.48 bits per heavy atom. The molecule has 0 radical (unpaired) electrons. The van der Waals surface area contributed by atoms with E-state index in [-0.39, 0.29) is 5.97 Å². The zero-order valence-corrected chi connectivity index (χ0v) is 13.5. The van der Waals surface area contributed by atoms with Crippen LogP contribution in [0.5, 0.6) is 0 Å². The van der Waals surface area contributed by atoms with Crippen molar-refractivity contribution >= 4 is 5.97 Å². The molecule has 0 unspecified atom stereocenters. The number of carbonyl (C=O) groups excluding carboxylic acids is 1. The maximum absolute atomic E-state index is 11.5. The van der Waals surface area contributed by atoms with E-state index in [1.165, 1.54) is 20.0 Å². The highest BCUT2D eigenvalue weighted by molar-refractivity contribution is 5.90. The number of likely N-dealkylation sites (tertiary alicyclic amines) is 1. The van der Waals surface area contributed by atoms with Gasteiger partial charge in [-0.2, -0.15) is 0 Å². The molecule has 1 aliphatic heterocycles. The van der Waals surface area contributed by atoms with E-state index >= 15 is 0 Å². The maximum atomic E-state index is 11.5. The molecule has 1 N–H and O–H groups in total. The number of methoxy groups -OCH3 is 1. The Hall–Kier alpha value is -1.33. The zero-order chi connectivity index (χ0) is 15.5. The summed E-state index contributed by atoms with van der Waals surface area (Å²) in [7, 11) is 3.56. The number of rotatable bonds is 5. The number of carbonyl (C=O) groups is 1. The molecular formula is C16H26N2O3. The second-order valence-electron chi connectivity index (χ2n) is 6.39. The number of aryl methyl sites for hydroxylation is 1. The summed E-state index contributed by atoms with van der Waals surface area (Å²) in [6.07, 6.45) is 2.42. The fourth-order valence-corrected chi connectivity index (χ4v) is 2.77. The summed E-state index contributed by atoms with van der Waals surface area (Å²) in [6, 6.07) is 1.77. The lowest BCUT2D eigenvalue weighted by molar-refractivity contribution is 0.0599. The van der Waals surface area contributed by atoms with Crippen molar-refractivity contribution in [2.24, 2.45) is 5.41 Å². The van der Waals surface area contributed by atoms with Gasteiger partial charge >= 0.3 is 5.97 Å². The lowest BCUT2D eigenvalue weighted by Gasteiger charge is -2.38. The van der Waals surface area contributed by atoms with Gasteiger partial charge in [-0.05, 0) is 51.4 Å². The first-order valence-electron chi connectivity index (χ1n) is 7.50. The van der Waals surface area contributed by atoms with Gasteiger partial charge in [0, 0.05) is 6.54 Å². The molecule has 0 atom stereocenters. The molecule has 2 rings (SSSR count). The molecule has 1 aromatic heterocycles. The van der Waals surface area contributed by atoms with Crippen molar-refractivity contribution < 1.29 is 13.9 Å². The van der Waals surface area contributed by atoms with E-state index in [2.05, 4.69) is 24.2 Å². The first kappa shape index (κ1) is 16.0. The molecule has 5 nitrogen and oxygen atoms in total. The van der Waals surface area contributed by atoms with E-state index in [0.29, 0.717) is 23.3 Å². The van der Waals surface area contributed by atoms with Gasteiger partial charge in [-0.3, -0.25) is 0 Å². The molecule has 1 aromatic rings. The minimum atomic E-state index is -0.343. The summed E-state index contributed by atoms with van der Waals surface area (Å²) in [5, 5.41) is 3.46. The van der Waals surface area contributed by atoms with Crippen LogP contribution >= 0.6 is 0 Å². The summed E-state index contributed by atoms with van der Waals surface area (Å²) in [5.74, 6) is 1.05. The maximum Gasteiger partial charge on any atom is 0.341 e. The van der Waals surface area contributed by atoms with Crippen molar-refractivity contribution in [3.05, 3.63) is 23.2 Å². The Balaban J connectivity index is 1.85. The highest BCUT2D eigenvalue weighted by Crippen LogP contribution is 2.29. The highest BCUT2D eigenvalue weighted by atomic mass is 16.5. The Bertz CT molecular complexity index is 488. The molecule has 0 aliphatic carbocycles. The molecule has 1 aliphatic rings. The van der Waals surface area contributed by atoms with Crippen molar-refractivity contribution in [3.8, 4) is 0 Å². The third-order valence-corrected chi connectivity index (χ3v) is 4.42. The second-order valence-corrected chi connectivity index (χ2v) is 6.39. The molecule has 0 amide bonds. The van der Waals surface area contributed by atoms with Crippen LogP contribution in [0.2, 0.25) is 0 Å². The molecule has 5 heteroatoms. The minimum Gasteiger partial charge on any atom is -0.465 e. The van der Waals surface area contributed by atoms with Crippen LogP contribution in [0.15, 0.2) is 10.5 Å². The Kier molecular flexibility index (Phi) is 5.06. The molecule has 1 saturated heterocycles. The summed E-state index contributed by atoms with van der Waals surface area (Å²) in [4.78, 5) is 13.9. The second kappa shape index (κ2) is 6.62. The number of piperidine rings is 1. The van der Waals surface area contributed by atoms with Gasteiger partial charge in [0.2, 0.25) is 0 Å². The first-order valence-corrected chi connectivity index (χ1v) is 7.50. The summed E-state index contributed by atoms with van der Waals surface area (Å²) >= 11 is 0. The topological polar surface area (TPSA) is 54.7 Å². The number of ether oxygens (including phenoxy) is 1. The van der Waals surface area contributed by atoms with Gasteiger partial charge in [0.1, 0.15) is 17.1 Å². The largest absolute Gasteiger partial charge is 0.465 e. The number of nitrogens with one attached hydrogen (secondary N) is 1. The first-order chi connectivity index (χ1) is 9.93.